The lowest BCUT2D eigenvalue weighted by Crippen LogP contribution is -2.36. The van der Waals surface area contributed by atoms with E-state index in [1.807, 2.05) is 24.3 Å². The lowest BCUT2D eigenvalue weighted by Gasteiger charge is -2.17. The fourth-order valence-electron chi connectivity index (χ4n) is 2.75. The molecule has 24 heavy (non-hydrogen) atoms. The van der Waals surface area contributed by atoms with Crippen LogP contribution in [-0.4, -0.2) is 18.4 Å². The van der Waals surface area contributed by atoms with Crippen molar-refractivity contribution in [2.75, 3.05) is 11.4 Å². The van der Waals surface area contributed by atoms with E-state index in [9.17, 15) is 9.59 Å². The van der Waals surface area contributed by atoms with Gasteiger partial charge in [0.1, 0.15) is 5.92 Å². The van der Waals surface area contributed by atoms with Crippen LogP contribution in [0.2, 0.25) is 5.02 Å². The van der Waals surface area contributed by atoms with E-state index in [1.54, 1.807) is 29.2 Å². The molecule has 1 saturated heterocycles. The van der Waals surface area contributed by atoms with Crippen LogP contribution in [0, 0.1) is 5.92 Å². The molecule has 0 spiro atoms. The minimum Gasteiger partial charge on any atom is -0.351 e. The van der Waals surface area contributed by atoms with Crippen molar-refractivity contribution in [3.05, 3.63) is 63.6 Å². The summed E-state index contributed by atoms with van der Waals surface area (Å²) in [7, 11) is 0. The maximum absolute atomic E-state index is 12.5. The average molecular weight is 408 g/mol. The third-order valence-corrected chi connectivity index (χ3v) is 5.10. The Morgan fingerprint density at radius 2 is 1.92 bits per heavy atom. The van der Waals surface area contributed by atoms with Crippen LogP contribution in [0.25, 0.3) is 0 Å². The Morgan fingerprint density at radius 3 is 2.62 bits per heavy atom. The second kappa shape index (κ2) is 7.36. The maximum Gasteiger partial charge on any atom is 0.239 e. The second-order valence-corrected chi connectivity index (χ2v) is 6.91. The minimum atomic E-state index is -0.636. The van der Waals surface area contributed by atoms with Gasteiger partial charge in [0.2, 0.25) is 11.8 Å². The first-order valence-electron chi connectivity index (χ1n) is 7.64. The molecule has 2 amide bonds. The van der Waals surface area contributed by atoms with Crippen molar-refractivity contribution in [3.8, 4) is 0 Å². The van der Waals surface area contributed by atoms with E-state index in [1.165, 1.54) is 0 Å². The number of nitrogens with one attached hydrogen (secondary N) is 1. The molecule has 1 heterocycles. The van der Waals surface area contributed by atoms with Crippen molar-refractivity contribution in [1.29, 1.82) is 0 Å². The largest absolute Gasteiger partial charge is 0.351 e. The molecule has 1 aliphatic heterocycles. The molecule has 1 N–H and O–H groups in total. The molecule has 1 aliphatic rings. The molecule has 2 aromatic rings. The summed E-state index contributed by atoms with van der Waals surface area (Å²) < 4.78 is 0.936. The van der Waals surface area contributed by atoms with Crippen LogP contribution >= 0.6 is 27.5 Å². The number of nitrogens with zero attached hydrogens (tertiary/aromatic N) is 1. The number of anilines is 1. The molecule has 6 heteroatoms. The minimum absolute atomic E-state index is 0.165. The molecule has 0 aliphatic carbocycles. The van der Waals surface area contributed by atoms with E-state index in [0.717, 1.165) is 15.7 Å². The molecule has 0 bridgehead atoms. The van der Waals surface area contributed by atoms with Crippen LogP contribution in [0.3, 0.4) is 0 Å². The first-order chi connectivity index (χ1) is 11.6. The zero-order valence-electron chi connectivity index (χ0n) is 12.8. The molecule has 0 aromatic heterocycles. The number of benzene rings is 2. The standard InChI is InChI=1S/C18H16BrClN2O2/c19-16-4-2-1-3-12(16)11-21-17(23)15-9-10-22(18(15)24)14-7-5-13(20)6-8-14/h1-8,15H,9-11H2,(H,21,23). The normalized spacial score (nSPS) is 17.2. The zero-order chi connectivity index (χ0) is 17.1. The van der Waals surface area contributed by atoms with E-state index >= 15 is 0 Å². The van der Waals surface area contributed by atoms with Crippen LogP contribution in [0.1, 0.15) is 12.0 Å². The van der Waals surface area contributed by atoms with Gasteiger partial charge >= 0.3 is 0 Å². The highest BCUT2D eigenvalue weighted by atomic mass is 79.9. The van der Waals surface area contributed by atoms with Crippen molar-refractivity contribution in [1.82, 2.24) is 5.32 Å². The molecule has 124 valence electrons. The fraction of sp³-hybridized carbons (Fsp3) is 0.222. The van der Waals surface area contributed by atoms with Gasteiger partial charge < -0.3 is 10.2 Å². The summed E-state index contributed by atoms with van der Waals surface area (Å²) in [6, 6.07) is 14.7. The van der Waals surface area contributed by atoms with Crippen molar-refractivity contribution in [3.63, 3.8) is 0 Å². The van der Waals surface area contributed by atoms with Gasteiger partial charge in [0.15, 0.2) is 0 Å². The van der Waals surface area contributed by atoms with Gasteiger partial charge in [-0.3, -0.25) is 9.59 Å². The highest BCUT2D eigenvalue weighted by molar-refractivity contribution is 9.10. The van der Waals surface area contributed by atoms with Crippen LogP contribution < -0.4 is 10.2 Å². The first kappa shape index (κ1) is 17.0. The monoisotopic (exact) mass is 406 g/mol. The summed E-state index contributed by atoms with van der Waals surface area (Å²) >= 11 is 9.33. The van der Waals surface area contributed by atoms with Gasteiger partial charge in [-0.15, -0.1) is 0 Å². The van der Waals surface area contributed by atoms with E-state index in [2.05, 4.69) is 21.2 Å². The number of halogens is 2. The van der Waals surface area contributed by atoms with Gasteiger partial charge in [0, 0.05) is 28.3 Å². The van der Waals surface area contributed by atoms with Crippen LogP contribution in [0.5, 0.6) is 0 Å². The summed E-state index contributed by atoms with van der Waals surface area (Å²) in [6.07, 6.45) is 0.517. The number of hydrogen-bond acceptors (Lipinski definition) is 2. The Bertz CT molecular complexity index is 764. The van der Waals surface area contributed by atoms with Crippen molar-refractivity contribution < 1.29 is 9.59 Å². The Morgan fingerprint density at radius 1 is 1.21 bits per heavy atom. The van der Waals surface area contributed by atoms with Gasteiger partial charge in [-0.2, -0.15) is 0 Å². The van der Waals surface area contributed by atoms with Crippen LogP contribution in [-0.2, 0) is 16.1 Å². The first-order valence-corrected chi connectivity index (χ1v) is 8.81. The van der Waals surface area contributed by atoms with Gasteiger partial charge in [-0.05, 0) is 42.3 Å². The molecule has 4 nitrogen and oxygen atoms in total. The van der Waals surface area contributed by atoms with Gasteiger partial charge in [-0.25, -0.2) is 0 Å². The Balaban J connectivity index is 1.63. The molecule has 1 atom stereocenters. The number of hydrogen-bond donors (Lipinski definition) is 1. The number of carbonyl (C=O) groups excluding carboxylic acids is 2. The van der Waals surface area contributed by atoms with Crippen molar-refractivity contribution in [2.24, 2.45) is 5.92 Å². The van der Waals surface area contributed by atoms with Crippen molar-refractivity contribution >= 4 is 45.0 Å². The summed E-state index contributed by atoms with van der Waals surface area (Å²) in [5.41, 5.74) is 1.75. The maximum atomic E-state index is 12.5. The SMILES string of the molecule is O=C(NCc1ccccc1Br)C1CCN(c2ccc(Cl)cc2)C1=O. The summed E-state index contributed by atoms with van der Waals surface area (Å²) in [6.45, 7) is 0.929. The number of carbonyl (C=O) groups is 2. The fourth-order valence-corrected chi connectivity index (χ4v) is 3.30. The molecular formula is C18H16BrClN2O2. The Kier molecular flexibility index (Phi) is 5.21. The Hall–Kier alpha value is -1.85. The van der Waals surface area contributed by atoms with E-state index in [-0.39, 0.29) is 11.8 Å². The van der Waals surface area contributed by atoms with Crippen molar-refractivity contribution in [2.45, 2.75) is 13.0 Å². The van der Waals surface area contributed by atoms with E-state index in [0.29, 0.717) is 24.5 Å². The molecule has 0 radical (unpaired) electrons. The third-order valence-electron chi connectivity index (χ3n) is 4.07. The smallest absolute Gasteiger partial charge is 0.239 e. The third kappa shape index (κ3) is 3.62. The predicted molar refractivity (Wildman–Crippen MR) is 97.9 cm³/mol. The van der Waals surface area contributed by atoms with Crippen LogP contribution in [0.4, 0.5) is 5.69 Å². The topological polar surface area (TPSA) is 49.4 Å². The van der Waals surface area contributed by atoms with E-state index in [4.69, 9.17) is 11.6 Å². The average Bonchev–Trinajstić information content (AvgIpc) is 2.96. The summed E-state index contributed by atoms with van der Waals surface area (Å²) in [4.78, 5) is 26.5. The zero-order valence-corrected chi connectivity index (χ0v) is 15.2. The second-order valence-electron chi connectivity index (χ2n) is 5.62. The summed E-state index contributed by atoms with van der Waals surface area (Å²) in [5.74, 6) is -1.03. The lowest BCUT2D eigenvalue weighted by molar-refractivity contribution is -0.132. The molecular weight excluding hydrogens is 392 g/mol. The Labute approximate surface area is 153 Å². The lowest BCUT2D eigenvalue weighted by atomic mass is 10.1. The van der Waals surface area contributed by atoms with Gasteiger partial charge in [-0.1, -0.05) is 45.7 Å². The number of rotatable bonds is 4. The van der Waals surface area contributed by atoms with Crippen LogP contribution in [0.15, 0.2) is 53.0 Å². The quantitative estimate of drug-likeness (QED) is 0.784. The molecule has 1 unspecified atom stereocenters. The van der Waals surface area contributed by atoms with Gasteiger partial charge in [0.05, 0.1) is 0 Å². The molecule has 2 aromatic carbocycles. The number of amides is 2. The predicted octanol–water partition coefficient (Wildman–Crippen LogP) is 3.77. The molecule has 0 saturated carbocycles. The molecule has 1 fully saturated rings. The molecule has 3 rings (SSSR count). The highest BCUT2D eigenvalue weighted by Crippen LogP contribution is 2.26. The van der Waals surface area contributed by atoms with E-state index < -0.39 is 5.92 Å². The summed E-state index contributed by atoms with van der Waals surface area (Å²) in [5, 5.41) is 3.47. The highest BCUT2D eigenvalue weighted by Gasteiger charge is 2.37. The van der Waals surface area contributed by atoms with Gasteiger partial charge in [0.25, 0.3) is 0 Å².